The van der Waals surface area contributed by atoms with Gasteiger partial charge in [0.25, 0.3) is 5.91 Å². The Morgan fingerprint density at radius 1 is 0.970 bits per heavy atom. The molecule has 0 N–H and O–H groups in total. The lowest BCUT2D eigenvalue weighted by Crippen LogP contribution is -2.49. The topological polar surface area (TPSA) is 79.4 Å². The molecule has 1 saturated heterocycles. The monoisotopic (exact) mass is 475 g/mol. The van der Waals surface area contributed by atoms with Crippen molar-refractivity contribution >= 4 is 15.9 Å². The highest BCUT2D eigenvalue weighted by Crippen LogP contribution is 2.19. The van der Waals surface area contributed by atoms with Crippen molar-refractivity contribution in [1.29, 1.82) is 0 Å². The second-order valence-corrected chi connectivity index (χ2v) is 9.71. The summed E-state index contributed by atoms with van der Waals surface area (Å²) in [5.74, 6) is 1.45. The van der Waals surface area contributed by atoms with E-state index in [1.54, 1.807) is 44.1 Å². The highest BCUT2D eigenvalue weighted by atomic mass is 32.2. The number of carbonyl (C=O) groups excluding carboxylic acids is 1. The molecule has 0 radical (unpaired) electrons. The minimum Gasteiger partial charge on any atom is -0.497 e. The zero-order valence-corrected chi connectivity index (χ0v) is 20.4. The second kappa shape index (κ2) is 11.5. The Bertz CT molecular complexity index is 1010. The van der Waals surface area contributed by atoms with Crippen LogP contribution in [0.25, 0.3) is 0 Å². The van der Waals surface area contributed by atoms with Crippen LogP contribution in [-0.4, -0.2) is 88.0 Å². The fourth-order valence-corrected chi connectivity index (χ4v) is 5.33. The maximum absolute atomic E-state index is 13.0. The third kappa shape index (κ3) is 6.25. The molecule has 0 aromatic heterocycles. The molecule has 1 fully saturated rings. The lowest BCUT2D eigenvalue weighted by atomic mass is 10.2. The lowest BCUT2D eigenvalue weighted by molar-refractivity contribution is 0.0620. The van der Waals surface area contributed by atoms with Crippen LogP contribution in [0, 0.1) is 0 Å². The Morgan fingerprint density at radius 3 is 2.21 bits per heavy atom. The van der Waals surface area contributed by atoms with Crippen molar-refractivity contribution in [3.8, 4) is 11.5 Å². The van der Waals surface area contributed by atoms with Crippen molar-refractivity contribution in [2.45, 2.75) is 18.7 Å². The van der Waals surface area contributed by atoms with E-state index in [1.165, 1.54) is 10.4 Å². The lowest BCUT2D eigenvalue weighted by Gasteiger charge is -2.34. The van der Waals surface area contributed by atoms with Crippen molar-refractivity contribution in [2.24, 2.45) is 0 Å². The van der Waals surface area contributed by atoms with Crippen molar-refractivity contribution in [3.63, 3.8) is 0 Å². The van der Waals surface area contributed by atoms with Gasteiger partial charge in [0.15, 0.2) is 0 Å². The van der Waals surface area contributed by atoms with Crippen LogP contribution < -0.4 is 9.47 Å². The number of amides is 1. The molecule has 1 heterocycles. The van der Waals surface area contributed by atoms with Crippen LogP contribution in [0.4, 0.5) is 0 Å². The molecule has 2 aromatic rings. The molecule has 33 heavy (non-hydrogen) atoms. The van der Waals surface area contributed by atoms with Crippen molar-refractivity contribution in [1.82, 2.24) is 14.1 Å². The van der Waals surface area contributed by atoms with Gasteiger partial charge in [-0.15, -0.1) is 0 Å². The molecule has 180 valence electrons. The van der Waals surface area contributed by atoms with Crippen LogP contribution >= 0.6 is 0 Å². The van der Waals surface area contributed by atoms with Gasteiger partial charge in [-0.3, -0.25) is 9.69 Å². The molecule has 3 rings (SSSR count). The number of methoxy groups -OCH3 is 1. The van der Waals surface area contributed by atoms with Crippen LogP contribution in [-0.2, 0) is 10.0 Å². The van der Waals surface area contributed by atoms with E-state index in [4.69, 9.17) is 9.47 Å². The van der Waals surface area contributed by atoms with Crippen LogP contribution in [0.15, 0.2) is 53.4 Å². The van der Waals surface area contributed by atoms with Gasteiger partial charge in [-0.05, 0) is 42.5 Å². The van der Waals surface area contributed by atoms with Gasteiger partial charge >= 0.3 is 0 Å². The maximum Gasteiger partial charge on any atom is 0.253 e. The molecule has 0 unspecified atom stereocenters. The first-order chi connectivity index (χ1) is 15.9. The minimum atomic E-state index is -3.60. The SMILES string of the molecule is CCN(CC)S(=O)(=O)c1cccc(C(=O)N2CCN(CCOc3ccc(OC)cc3)CC2)c1. The van der Waals surface area contributed by atoms with Gasteiger partial charge in [-0.2, -0.15) is 4.31 Å². The van der Waals surface area contributed by atoms with Gasteiger partial charge in [0.05, 0.1) is 12.0 Å². The summed E-state index contributed by atoms with van der Waals surface area (Å²) >= 11 is 0. The first-order valence-electron chi connectivity index (χ1n) is 11.3. The summed E-state index contributed by atoms with van der Waals surface area (Å²) in [7, 11) is -1.97. The van der Waals surface area contributed by atoms with E-state index < -0.39 is 10.0 Å². The molecule has 0 bridgehead atoms. The van der Waals surface area contributed by atoms with Gasteiger partial charge in [-0.25, -0.2) is 8.42 Å². The van der Waals surface area contributed by atoms with Gasteiger partial charge in [0.1, 0.15) is 18.1 Å². The van der Waals surface area contributed by atoms with E-state index in [9.17, 15) is 13.2 Å². The molecule has 1 aliphatic rings. The first-order valence-corrected chi connectivity index (χ1v) is 12.7. The van der Waals surface area contributed by atoms with Gasteiger partial charge in [0.2, 0.25) is 10.0 Å². The Labute approximate surface area is 196 Å². The zero-order valence-electron chi connectivity index (χ0n) is 19.6. The number of rotatable bonds is 10. The Balaban J connectivity index is 1.52. The minimum absolute atomic E-state index is 0.138. The molecular weight excluding hydrogens is 442 g/mol. The van der Waals surface area contributed by atoms with Crippen molar-refractivity contribution < 1.29 is 22.7 Å². The molecule has 0 saturated carbocycles. The van der Waals surface area contributed by atoms with E-state index in [1.807, 2.05) is 24.3 Å². The normalized spacial score (nSPS) is 15.0. The molecule has 2 aromatic carbocycles. The van der Waals surface area contributed by atoms with Crippen LogP contribution in [0.3, 0.4) is 0 Å². The van der Waals surface area contributed by atoms with E-state index in [0.29, 0.717) is 38.3 Å². The maximum atomic E-state index is 13.0. The molecule has 0 spiro atoms. The van der Waals surface area contributed by atoms with Crippen LogP contribution in [0.2, 0.25) is 0 Å². The number of hydrogen-bond donors (Lipinski definition) is 0. The Hall–Kier alpha value is -2.62. The highest BCUT2D eigenvalue weighted by Gasteiger charge is 2.25. The largest absolute Gasteiger partial charge is 0.497 e. The van der Waals surface area contributed by atoms with Gasteiger partial charge in [-0.1, -0.05) is 19.9 Å². The standard InChI is InChI=1S/C24H33N3O5S/c1-4-27(5-2)33(29,30)23-8-6-7-20(19-23)24(28)26-15-13-25(14-16-26)17-18-32-22-11-9-21(31-3)10-12-22/h6-12,19H,4-5,13-18H2,1-3H3. The molecule has 1 aliphatic heterocycles. The predicted octanol–water partition coefficient (Wildman–Crippen LogP) is 2.56. The van der Waals surface area contributed by atoms with Gasteiger partial charge in [0, 0.05) is 51.4 Å². The molecular formula is C24H33N3O5S. The second-order valence-electron chi connectivity index (χ2n) is 7.77. The first kappa shape index (κ1) is 25.0. The number of benzene rings is 2. The summed E-state index contributed by atoms with van der Waals surface area (Å²) in [5.41, 5.74) is 0.402. The number of nitrogens with zero attached hydrogens (tertiary/aromatic N) is 3. The average molecular weight is 476 g/mol. The smallest absolute Gasteiger partial charge is 0.253 e. The highest BCUT2D eigenvalue weighted by molar-refractivity contribution is 7.89. The van der Waals surface area contributed by atoms with Crippen LogP contribution in [0.5, 0.6) is 11.5 Å². The Kier molecular flexibility index (Phi) is 8.71. The molecule has 8 nitrogen and oxygen atoms in total. The third-order valence-corrected chi connectivity index (χ3v) is 7.87. The van der Waals surface area contributed by atoms with Crippen molar-refractivity contribution in [2.75, 3.05) is 59.5 Å². The molecule has 9 heteroatoms. The fourth-order valence-electron chi connectivity index (χ4n) is 3.82. The quantitative estimate of drug-likeness (QED) is 0.526. The number of ether oxygens (including phenoxy) is 2. The third-order valence-electron chi connectivity index (χ3n) is 5.82. The van der Waals surface area contributed by atoms with E-state index >= 15 is 0 Å². The summed E-state index contributed by atoms with van der Waals surface area (Å²) in [4.78, 5) is 17.2. The van der Waals surface area contributed by atoms with E-state index in [0.717, 1.165) is 31.1 Å². The molecule has 0 atom stereocenters. The number of sulfonamides is 1. The summed E-state index contributed by atoms with van der Waals surface area (Å²) in [6.45, 7) is 8.39. The number of hydrogen-bond acceptors (Lipinski definition) is 6. The number of carbonyl (C=O) groups is 1. The zero-order chi connectivity index (χ0) is 23.8. The van der Waals surface area contributed by atoms with Crippen molar-refractivity contribution in [3.05, 3.63) is 54.1 Å². The molecule has 0 aliphatic carbocycles. The summed E-state index contributed by atoms with van der Waals surface area (Å²) in [6.07, 6.45) is 0. The van der Waals surface area contributed by atoms with E-state index in [-0.39, 0.29) is 10.8 Å². The average Bonchev–Trinajstić information content (AvgIpc) is 2.85. The molecule has 1 amide bonds. The predicted molar refractivity (Wildman–Crippen MR) is 127 cm³/mol. The number of piperazine rings is 1. The fraction of sp³-hybridized carbons (Fsp3) is 0.458. The summed E-state index contributed by atoms with van der Waals surface area (Å²) in [6, 6.07) is 13.8. The summed E-state index contributed by atoms with van der Waals surface area (Å²) in [5, 5.41) is 0. The van der Waals surface area contributed by atoms with Crippen LogP contribution in [0.1, 0.15) is 24.2 Å². The Morgan fingerprint density at radius 2 is 1.61 bits per heavy atom. The summed E-state index contributed by atoms with van der Waals surface area (Å²) < 4.78 is 37.9. The van der Waals surface area contributed by atoms with E-state index in [2.05, 4.69) is 4.90 Å². The van der Waals surface area contributed by atoms with Gasteiger partial charge < -0.3 is 14.4 Å².